The zero-order valence-corrected chi connectivity index (χ0v) is 8.40. The molecule has 2 rings (SSSR count). The van der Waals surface area contributed by atoms with E-state index < -0.39 is 11.7 Å². The summed E-state index contributed by atoms with van der Waals surface area (Å²) < 4.78 is 37.3. The number of hydrogen-bond donors (Lipinski definition) is 1. The molecule has 5 heteroatoms. The van der Waals surface area contributed by atoms with E-state index in [4.69, 9.17) is 0 Å². The fourth-order valence-electron chi connectivity index (χ4n) is 1.74. The second-order valence-electron chi connectivity index (χ2n) is 3.77. The number of amides is 1. The van der Waals surface area contributed by atoms with Gasteiger partial charge in [-0.15, -0.1) is 0 Å². The number of fused-ring (bicyclic) bond motifs is 1. The van der Waals surface area contributed by atoms with Crippen LogP contribution in [-0.4, -0.2) is 5.91 Å². The third-order valence-electron chi connectivity index (χ3n) is 2.56. The van der Waals surface area contributed by atoms with Crippen molar-refractivity contribution in [1.29, 1.82) is 0 Å². The van der Waals surface area contributed by atoms with Crippen molar-refractivity contribution in [1.82, 2.24) is 0 Å². The molecule has 1 aromatic carbocycles. The van der Waals surface area contributed by atoms with Crippen LogP contribution in [0, 0.1) is 0 Å². The zero-order valence-electron chi connectivity index (χ0n) is 8.40. The summed E-state index contributed by atoms with van der Waals surface area (Å²) in [5.41, 5.74) is 0.324. The van der Waals surface area contributed by atoms with Gasteiger partial charge in [0.15, 0.2) is 0 Å². The predicted molar refractivity (Wildman–Crippen MR) is 53.0 cm³/mol. The van der Waals surface area contributed by atoms with E-state index in [1.165, 1.54) is 6.07 Å². The lowest BCUT2D eigenvalue weighted by Gasteiger charge is -2.11. The van der Waals surface area contributed by atoms with E-state index in [-0.39, 0.29) is 11.6 Å². The lowest BCUT2D eigenvalue weighted by atomic mass is 10.0. The van der Waals surface area contributed by atoms with E-state index in [0.29, 0.717) is 19.3 Å². The van der Waals surface area contributed by atoms with Gasteiger partial charge in [0.2, 0.25) is 5.91 Å². The maximum Gasteiger partial charge on any atom is 0.416 e. The minimum absolute atomic E-state index is 0.224. The number of carbonyl (C=O) groups is 1. The number of nitrogens with one attached hydrogen (secondary N) is 1. The Morgan fingerprint density at radius 2 is 1.94 bits per heavy atom. The number of halogens is 3. The van der Waals surface area contributed by atoms with Gasteiger partial charge in [0.05, 0.1) is 5.56 Å². The SMILES string of the molecule is O=C1CCCc2ccc(C(F)(F)F)cc2N1. The molecule has 1 N–H and O–H groups in total. The van der Waals surface area contributed by atoms with Crippen LogP contribution in [0.3, 0.4) is 0 Å². The summed E-state index contributed by atoms with van der Waals surface area (Å²) in [6, 6.07) is 3.48. The lowest BCUT2D eigenvalue weighted by molar-refractivity contribution is -0.137. The average molecular weight is 229 g/mol. The fraction of sp³-hybridized carbons (Fsp3) is 0.364. The molecule has 1 aromatic rings. The van der Waals surface area contributed by atoms with Crippen LogP contribution in [0.2, 0.25) is 0 Å². The van der Waals surface area contributed by atoms with Gasteiger partial charge in [-0.05, 0) is 30.5 Å². The van der Waals surface area contributed by atoms with Gasteiger partial charge in [0.1, 0.15) is 0 Å². The Hall–Kier alpha value is -1.52. The van der Waals surface area contributed by atoms with Gasteiger partial charge >= 0.3 is 6.18 Å². The number of hydrogen-bond acceptors (Lipinski definition) is 1. The molecule has 0 saturated carbocycles. The third-order valence-corrected chi connectivity index (χ3v) is 2.56. The Kier molecular flexibility index (Phi) is 2.61. The topological polar surface area (TPSA) is 29.1 Å². The average Bonchev–Trinajstić information content (AvgIpc) is 2.35. The molecule has 0 atom stereocenters. The summed E-state index contributed by atoms with van der Waals surface area (Å²) in [6.07, 6.45) is -2.71. The monoisotopic (exact) mass is 229 g/mol. The van der Waals surface area contributed by atoms with Gasteiger partial charge in [-0.25, -0.2) is 0 Å². The molecule has 0 saturated heterocycles. The van der Waals surface area contributed by atoms with Gasteiger partial charge in [-0.1, -0.05) is 6.07 Å². The molecule has 0 bridgehead atoms. The van der Waals surface area contributed by atoms with Gasteiger partial charge in [-0.3, -0.25) is 4.79 Å². The van der Waals surface area contributed by atoms with Crippen molar-refractivity contribution >= 4 is 11.6 Å². The van der Waals surface area contributed by atoms with Crippen LogP contribution in [0.5, 0.6) is 0 Å². The van der Waals surface area contributed by atoms with Gasteiger partial charge in [0.25, 0.3) is 0 Å². The quantitative estimate of drug-likeness (QED) is 0.728. The van der Waals surface area contributed by atoms with Crippen molar-refractivity contribution in [2.75, 3.05) is 5.32 Å². The minimum atomic E-state index is -4.37. The predicted octanol–water partition coefficient (Wildman–Crippen LogP) is 2.98. The summed E-state index contributed by atoms with van der Waals surface area (Å²) in [5, 5.41) is 2.50. The number of rotatable bonds is 0. The maximum absolute atomic E-state index is 12.4. The Labute approximate surface area is 90.5 Å². The molecule has 1 aliphatic rings. The second-order valence-corrected chi connectivity index (χ2v) is 3.77. The molecule has 0 fully saturated rings. The molecule has 1 aliphatic heterocycles. The van der Waals surface area contributed by atoms with E-state index in [1.54, 1.807) is 0 Å². The highest BCUT2D eigenvalue weighted by Gasteiger charge is 2.31. The van der Waals surface area contributed by atoms with Crippen LogP contribution in [0.1, 0.15) is 24.0 Å². The lowest BCUT2D eigenvalue weighted by Crippen LogP contribution is -2.11. The normalized spacial score (nSPS) is 16.3. The highest BCUT2D eigenvalue weighted by atomic mass is 19.4. The van der Waals surface area contributed by atoms with Crippen molar-refractivity contribution < 1.29 is 18.0 Å². The molecule has 0 aromatic heterocycles. The molecular formula is C11H10F3NO. The van der Waals surface area contributed by atoms with Crippen molar-refractivity contribution in [3.8, 4) is 0 Å². The van der Waals surface area contributed by atoms with Gasteiger partial charge < -0.3 is 5.32 Å². The Bertz CT molecular complexity index is 426. The number of carbonyl (C=O) groups excluding carboxylic acids is 1. The summed E-state index contributed by atoms with van der Waals surface area (Å²) in [4.78, 5) is 11.2. The number of aryl methyl sites for hydroxylation is 1. The van der Waals surface area contributed by atoms with E-state index >= 15 is 0 Å². The second kappa shape index (κ2) is 3.81. The molecule has 0 radical (unpaired) electrons. The highest BCUT2D eigenvalue weighted by Crippen LogP contribution is 2.33. The number of benzene rings is 1. The molecular weight excluding hydrogens is 219 g/mol. The summed E-state index contributed by atoms with van der Waals surface area (Å²) in [5.74, 6) is -0.224. The summed E-state index contributed by atoms with van der Waals surface area (Å²) in [6.45, 7) is 0. The molecule has 1 amide bonds. The fourth-order valence-corrected chi connectivity index (χ4v) is 1.74. The van der Waals surface area contributed by atoms with Crippen molar-refractivity contribution in [2.45, 2.75) is 25.4 Å². The first-order chi connectivity index (χ1) is 7.47. The third kappa shape index (κ3) is 2.18. The van der Waals surface area contributed by atoms with Crippen LogP contribution in [0.15, 0.2) is 18.2 Å². The largest absolute Gasteiger partial charge is 0.416 e. The van der Waals surface area contributed by atoms with Crippen LogP contribution in [0.25, 0.3) is 0 Å². The standard InChI is InChI=1S/C11H10F3NO/c12-11(13,14)8-5-4-7-2-1-3-10(16)15-9(7)6-8/h4-6H,1-3H2,(H,15,16). The van der Waals surface area contributed by atoms with Crippen molar-refractivity contribution in [2.24, 2.45) is 0 Å². The van der Waals surface area contributed by atoms with Crippen molar-refractivity contribution in [3.05, 3.63) is 29.3 Å². The first-order valence-corrected chi connectivity index (χ1v) is 4.97. The zero-order chi connectivity index (χ0) is 11.8. The Morgan fingerprint density at radius 3 is 2.62 bits per heavy atom. The van der Waals surface area contributed by atoms with Crippen LogP contribution >= 0.6 is 0 Å². The van der Waals surface area contributed by atoms with E-state index in [9.17, 15) is 18.0 Å². The van der Waals surface area contributed by atoms with Gasteiger partial charge in [-0.2, -0.15) is 13.2 Å². The number of alkyl halides is 3. The molecule has 0 unspecified atom stereocenters. The van der Waals surface area contributed by atoms with Crippen LogP contribution in [0.4, 0.5) is 18.9 Å². The Morgan fingerprint density at radius 1 is 1.19 bits per heavy atom. The molecule has 16 heavy (non-hydrogen) atoms. The van der Waals surface area contributed by atoms with Crippen LogP contribution < -0.4 is 5.32 Å². The van der Waals surface area contributed by atoms with E-state index in [0.717, 1.165) is 17.7 Å². The molecule has 0 aliphatic carbocycles. The minimum Gasteiger partial charge on any atom is -0.326 e. The summed E-state index contributed by atoms with van der Waals surface area (Å²) >= 11 is 0. The molecule has 0 spiro atoms. The Balaban J connectivity index is 2.40. The maximum atomic E-state index is 12.4. The molecule has 1 heterocycles. The van der Waals surface area contributed by atoms with Gasteiger partial charge in [0, 0.05) is 12.1 Å². The summed E-state index contributed by atoms with van der Waals surface area (Å²) in [7, 11) is 0. The van der Waals surface area contributed by atoms with E-state index in [2.05, 4.69) is 5.32 Å². The molecule has 2 nitrogen and oxygen atoms in total. The smallest absolute Gasteiger partial charge is 0.326 e. The highest BCUT2D eigenvalue weighted by molar-refractivity contribution is 5.92. The first kappa shape index (κ1) is 11.0. The van der Waals surface area contributed by atoms with Crippen LogP contribution in [-0.2, 0) is 17.4 Å². The van der Waals surface area contributed by atoms with E-state index in [1.807, 2.05) is 0 Å². The van der Waals surface area contributed by atoms with Crippen molar-refractivity contribution in [3.63, 3.8) is 0 Å². The number of anilines is 1. The first-order valence-electron chi connectivity index (χ1n) is 4.97. The molecule has 86 valence electrons.